The largest absolute Gasteiger partial charge is 0.311 e. The Morgan fingerprint density at radius 3 is 2.68 bits per heavy atom. The standard InChI is InChI=1S/C18H19FN4O2/c1-13-12-17(23(22-13)11-3-10-20)21-18(25)5-2-4-16(24)14-6-8-15(19)9-7-14/h6-9,12H,2-5,11H2,1H3,(H,21,25). The van der Waals surface area contributed by atoms with Crippen LogP contribution in [0.15, 0.2) is 30.3 Å². The zero-order valence-electron chi connectivity index (χ0n) is 14.0. The molecule has 0 fully saturated rings. The number of anilines is 1. The van der Waals surface area contributed by atoms with Crippen molar-refractivity contribution in [3.63, 3.8) is 0 Å². The minimum atomic E-state index is -0.390. The molecule has 0 saturated heterocycles. The maximum atomic E-state index is 12.8. The molecule has 1 amide bonds. The van der Waals surface area contributed by atoms with E-state index in [9.17, 15) is 14.0 Å². The average Bonchev–Trinajstić information content (AvgIpc) is 2.92. The van der Waals surface area contributed by atoms with Crippen LogP contribution in [-0.4, -0.2) is 21.5 Å². The van der Waals surface area contributed by atoms with E-state index in [0.717, 1.165) is 5.69 Å². The molecule has 1 aromatic heterocycles. The van der Waals surface area contributed by atoms with Crippen LogP contribution in [-0.2, 0) is 11.3 Å². The van der Waals surface area contributed by atoms with Gasteiger partial charge in [0.1, 0.15) is 11.6 Å². The summed E-state index contributed by atoms with van der Waals surface area (Å²) in [5.41, 5.74) is 1.19. The fourth-order valence-electron chi connectivity index (χ4n) is 2.37. The Labute approximate surface area is 145 Å². The summed E-state index contributed by atoms with van der Waals surface area (Å²) in [6.07, 6.45) is 1.10. The van der Waals surface area contributed by atoms with Crippen LogP contribution in [0.2, 0.25) is 0 Å². The maximum Gasteiger partial charge on any atom is 0.225 e. The molecule has 1 N–H and O–H groups in total. The Morgan fingerprint density at radius 2 is 2.00 bits per heavy atom. The number of hydrogen-bond donors (Lipinski definition) is 1. The van der Waals surface area contributed by atoms with Crippen molar-refractivity contribution in [3.05, 3.63) is 47.4 Å². The highest BCUT2D eigenvalue weighted by molar-refractivity contribution is 5.96. The van der Waals surface area contributed by atoms with Gasteiger partial charge in [0.05, 0.1) is 24.7 Å². The number of benzene rings is 1. The monoisotopic (exact) mass is 342 g/mol. The molecule has 0 spiro atoms. The Hall–Kier alpha value is -3.01. The van der Waals surface area contributed by atoms with Crippen molar-refractivity contribution in [2.45, 2.75) is 39.2 Å². The van der Waals surface area contributed by atoms with Crippen molar-refractivity contribution >= 4 is 17.5 Å². The number of ketones is 1. The predicted molar refractivity (Wildman–Crippen MR) is 90.4 cm³/mol. The number of aryl methyl sites for hydroxylation is 2. The first kappa shape index (κ1) is 18.3. The molecule has 130 valence electrons. The summed E-state index contributed by atoms with van der Waals surface area (Å²) in [7, 11) is 0. The first-order valence-electron chi connectivity index (χ1n) is 7.99. The van der Waals surface area contributed by atoms with Crippen LogP contribution >= 0.6 is 0 Å². The van der Waals surface area contributed by atoms with E-state index in [-0.39, 0.29) is 30.3 Å². The molecule has 1 heterocycles. The van der Waals surface area contributed by atoms with E-state index in [1.54, 1.807) is 17.7 Å². The second-order valence-electron chi connectivity index (χ2n) is 5.63. The molecule has 0 aliphatic rings. The lowest BCUT2D eigenvalue weighted by molar-refractivity contribution is -0.116. The minimum Gasteiger partial charge on any atom is -0.311 e. The second kappa shape index (κ2) is 8.73. The summed E-state index contributed by atoms with van der Waals surface area (Å²) in [6.45, 7) is 2.21. The van der Waals surface area contributed by atoms with Gasteiger partial charge in [0.2, 0.25) is 5.91 Å². The summed E-state index contributed by atoms with van der Waals surface area (Å²) in [6, 6.07) is 9.13. The van der Waals surface area contributed by atoms with Crippen LogP contribution in [0.25, 0.3) is 0 Å². The van der Waals surface area contributed by atoms with Gasteiger partial charge in [0, 0.05) is 24.5 Å². The van der Waals surface area contributed by atoms with Crippen molar-refractivity contribution in [3.8, 4) is 6.07 Å². The van der Waals surface area contributed by atoms with Crippen LogP contribution in [0.3, 0.4) is 0 Å². The molecule has 0 atom stereocenters. The Bertz CT molecular complexity index is 790. The number of Topliss-reactive ketones (excluding diaryl/α,β-unsaturated/α-hetero) is 1. The van der Waals surface area contributed by atoms with Crippen molar-refractivity contribution in [2.75, 3.05) is 5.32 Å². The SMILES string of the molecule is Cc1cc(NC(=O)CCCC(=O)c2ccc(F)cc2)n(CCC#N)n1. The molecule has 0 bridgehead atoms. The fraction of sp³-hybridized carbons (Fsp3) is 0.333. The fourth-order valence-corrected chi connectivity index (χ4v) is 2.37. The van der Waals surface area contributed by atoms with E-state index < -0.39 is 0 Å². The lowest BCUT2D eigenvalue weighted by Crippen LogP contribution is -2.15. The quantitative estimate of drug-likeness (QED) is 0.746. The summed E-state index contributed by atoms with van der Waals surface area (Å²) in [5.74, 6) is -0.186. The van der Waals surface area contributed by atoms with Gasteiger partial charge in [0.15, 0.2) is 5.78 Å². The van der Waals surface area contributed by atoms with E-state index in [4.69, 9.17) is 5.26 Å². The minimum absolute atomic E-state index is 0.122. The summed E-state index contributed by atoms with van der Waals surface area (Å²) < 4.78 is 14.4. The van der Waals surface area contributed by atoms with Crippen molar-refractivity contribution < 1.29 is 14.0 Å². The van der Waals surface area contributed by atoms with Gasteiger partial charge in [-0.1, -0.05) is 0 Å². The number of halogens is 1. The van der Waals surface area contributed by atoms with Crippen LogP contribution in [0, 0.1) is 24.1 Å². The number of hydrogen-bond acceptors (Lipinski definition) is 4. The maximum absolute atomic E-state index is 12.8. The zero-order chi connectivity index (χ0) is 18.2. The molecule has 2 rings (SSSR count). The van der Waals surface area contributed by atoms with Crippen molar-refractivity contribution in [2.24, 2.45) is 0 Å². The molecule has 1 aromatic carbocycles. The number of nitrogens with zero attached hydrogens (tertiary/aromatic N) is 3. The lowest BCUT2D eigenvalue weighted by Gasteiger charge is -2.07. The van der Waals surface area contributed by atoms with Gasteiger partial charge < -0.3 is 5.32 Å². The van der Waals surface area contributed by atoms with E-state index in [1.807, 2.05) is 6.07 Å². The van der Waals surface area contributed by atoms with Crippen LogP contribution in [0.1, 0.15) is 41.7 Å². The van der Waals surface area contributed by atoms with Gasteiger partial charge in [-0.15, -0.1) is 0 Å². The molecular weight excluding hydrogens is 323 g/mol. The third-order valence-electron chi connectivity index (χ3n) is 3.58. The van der Waals surface area contributed by atoms with Crippen molar-refractivity contribution in [1.82, 2.24) is 9.78 Å². The molecule has 25 heavy (non-hydrogen) atoms. The topological polar surface area (TPSA) is 87.8 Å². The van der Waals surface area contributed by atoms with Crippen LogP contribution in [0.4, 0.5) is 10.2 Å². The van der Waals surface area contributed by atoms with Gasteiger partial charge in [-0.25, -0.2) is 9.07 Å². The molecule has 7 heteroatoms. The molecule has 0 aliphatic heterocycles. The lowest BCUT2D eigenvalue weighted by atomic mass is 10.1. The Balaban J connectivity index is 1.82. The van der Waals surface area contributed by atoms with Gasteiger partial charge in [-0.2, -0.15) is 10.4 Å². The van der Waals surface area contributed by atoms with E-state index >= 15 is 0 Å². The molecule has 0 saturated carbocycles. The van der Waals surface area contributed by atoms with Gasteiger partial charge in [-0.3, -0.25) is 9.59 Å². The average molecular weight is 342 g/mol. The first-order valence-corrected chi connectivity index (χ1v) is 7.99. The van der Waals surface area contributed by atoms with Gasteiger partial charge in [-0.05, 0) is 37.6 Å². The van der Waals surface area contributed by atoms with E-state index in [1.165, 1.54) is 24.3 Å². The zero-order valence-corrected chi connectivity index (χ0v) is 14.0. The molecule has 6 nitrogen and oxygen atoms in total. The second-order valence-corrected chi connectivity index (χ2v) is 5.63. The highest BCUT2D eigenvalue weighted by atomic mass is 19.1. The normalized spacial score (nSPS) is 10.3. The molecular formula is C18H19FN4O2. The predicted octanol–water partition coefficient (Wildman–Crippen LogP) is 3.24. The number of nitrogens with one attached hydrogen (secondary N) is 1. The summed E-state index contributed by atoms with van der Waals surface area (Å²) in [5, 5.41) is 15.6. The third-order valence-corrected chi connectivity index (χ3v) is 3.58. The molecule has 0 unspecified atom stereocenters. The van der Waals surface area contributed by atoms with Crippen LogP contribution in [0.5, 0.6) is 0 Å². The highest BCUT2D eigenvalue weighted by Gasteiger charge is 2.11. The number of rotatable bonds is 8. The van der Waals surface area contributed by atoms with Crippen LogP contribution < -0.4 is 5.32 Å². The van der Waals surface area contributed by atoms with Gasteiger partial charge in [0.25, 0.3) is 0 Å². The molecule has 2 aromatic rings. The Kier molecular flexibility index (Phi) is 6.40. The smallest absolute Gasteiger partial charge is 0.225 e. The Morgan fingerprint density at radius 1 is 1.28 bits per heavy atom. The summed E-state index contributed by atoms with van der Waals surface area (Å²) >= 11 is 0. The number of amides is 1. The molecule has 0 aliphatic carbocycles. The number of nitriles is 1. The summed E-state index contributed by atoms with van der Waals surface area (Å²) in [4.78, 5) is 24.0. The highest BCUT2D eigenvalue weighted by Crippen LogP contribution is 2.13. The third kappa shape index (κ3) is 5.53. The first-order chi connectivity index (χ1) is 12.0. The van der Waals surface area contributed by atoms with Crippen molar-refractivity contribution in [1.29, 1.82) is 5.26 Å². The van der Waals surface area contributed by atoms with E-state index in [0.29, 0.717) is 30.8 Å². The van der Waals surface area contributed by atoms with Gasteiger partial charge >= 0.3 is 0 Å². The molecule has 0 radical (unpaired) electrons. The van der Waals surface area contributed by atoms with E-state index in [2.05, 4.69) is 10.4 Å². The number of carbonyl (C=O) groups is 2. The number of aromatic nitrogens is 2. The number of carbonyl (C=O) groups excluding carboxylic acids is 2.